The first kappa shape index (κ1) is 17.0. The van der Waals surface area contributed by atoms with Gasteiger partial charge in [0.15, 0.2) is 0 Å². The average molecular weight is 328 g/mol. The van der Waals surface area contributed by atoms with E-state index in [1.54, 1.807) is 30.3 Å². The van der Waals surface area contributed by atoms with Gasteiger partial charge in [-0.3, -0.25) is 14.9 Å². The Morgan fingerprint density at radius 3 is 2.33 bits per heavy atom. The van der Waals surface area contributed by atoms with Crippen LogP contribution in [-0.4, -0.2) is 25.1 Å². The minimum Gasteiger partial charge on any atom is -0.496 e. The highest BCUT2D eigenvalue weighted by Gasteiger charge is 2.09. The van der Waals surface area contributed by atoms with Crippen molar-refractivity contribution in [3.63, 3.8) is 0 Å². The highest BCUT2D eigenvalue weighted by atomic mass is 16.6. The van der Waals surface area contributed by atoms with Gasteiger partial charge in [0, 0.05) is 23.9 Å². The molecule has 0 aliphatic rings. The summed E-state index contributed by atoms with van der Waals surface area (Å²) < 4.78 is 10.5. The third-order valence-electron chi connectivity index (χ3n) is 3.19. The van der Waals surface area contributed by atoms with Crippen molar-refractivity contribution < 1.29 is 19.2 Å². The van der Waals surface area contributed by atoms with E-state index in [1.807, 2.05) is 0 Å². The molecule has 1 N–H and O–H groups in total. The second kappa shape index (κ2) is 7.77. The van der Waals surface area contributed by atoms with E-state index >= 15 is 0 Å². The van der Waals surface area contributed by atoms with Crippen molar-refractivity contribution in [2.24, 2.45) is 0 Å². The van der Waals surface area contributed by atoms with Crippen molar-refractivity contribution in [3.8, 4) is 11.5 Å². The third-order valence-corrected chi connectivity index (χ3v) is 3.19. The van der Waals surface area contributed by atoms with Gasteiger partial charge in [0.1, 0.15) is 11.5 Å². The molecule has 0 aromatic heterocycles. The summed E-state index contributed by atoms with van der Waals surface area (Å²) in [6, 6.07) is 11.0. The molecule has 7 heteroatoms. The molecule has 0 aliphatic heterocycles. The van der Waals surface area contributed by atoms with E-state index in [0.29, 0.717) is 22.7 Å². The molecule has 1 amide bonds. The van der Waals surface area contributed by atoms with Gasteiger partial charge >= 0.3 is 0 Å². The fourth-order valence-corrected chi connectivity index (χ4v) is 2.08. The second-order valence-corrected chi connectivity index (χ2v) is 4.71. The Kier molecular flexibility index (Phi) is 5.51. The first-order valence-corrected chi connectivity index (χ1v) is 6.99. The van der Waals surface area contributed by atoms with Crippen molar-refractivity contribution >= 4 is 23.4 Å². The van der Waals surface area contributed by atoms with Crippen molar-refractivity contribution in [1.82, 2.24) is 0 Å². The molecule has 124 valence electrons. The molecule has 0 unspecified atom stereocenters. The summed E-state index contributed by atoms with van der Waals surface area (Å²) in [5, 5.41) is 13.3. The van der Waals surface area contributed by atoms with Gasteiger partial charge in [-0.2, -0.15) is 0 Å². The van der Waals surface area contributed by atoms with Gasteiger partial charge in [-0.25, -0.2) is 0 Å². The molecular formula is C17H16N2O5. The average Bonchev–Trinajstić information content (AvgIpc) is 2.59. The van der Waals surface area contributed by atoms with Gasteiger partial charge in [0.2, 0.25) is 5.91 Å². The Morgan fingerprint density at radius 1 is 1.12 bits per heavy atom. The van der Waals surface area contributed by atoms with Gasteiger partial charge in [-0.1, -0.05) is 12.1 Å². The van der Waals surface area contributed by atoms with Crippen LogP contribution in [0.5, 0.6) is 11.5 Å². The molecule has 2 aromatic carbocycles. The molecule has 0 radical (unpaired) electrons. The summed E-state index contributed by atoms with van der Waals surface area (Å²) in [5.41, 5.74) is 0.866. The minimum absolute atomic E-state index is 0.0943. The van der Waals surface area contributed by atoms with Crippen LogP contribution in [0.25, 0.3) is 6.08 Å². The molecule has 0 saturated heterocycles. The minimum atomic E-state index is -0.523. The van der Waals surface area contributed by atoms with Crippen LogP contribution < -0.4 is 14.8 Å². The topological polar surface area (TPSA) is 90.7 Å². The molecule has 0 spiro atoms. The number of amides is 1. The van der Waals surface area contributed by atoms with Crippen LogP contribution in [0.1, 0.15) is 5.56 Å². The monoisotopic (exact) mass is 328 g/mol. The number of nitrogens with zero attached hydrogens (tertiary/aromatic N) is 1. The summed E-state index contributed by atoms with van der Waals surface area (Å²) in [5.74, 6) is 0.700. The van der Waals surface area contributed by atoms with E-state index in [1.165, 1.54) is 38.5 Å². The van der Waals surface area contributed by atoms with E-state index in [4.69, 9.17) is 9.47 Å². The lowest BCUT2D eigenvalue weighted by Gasteiger charge is -2.09. The Morgan fingerprint density at radius 2 is 1.75 bits per heavy atom. The van der Waals surface area contributed by atoms with E-state index in [0.717, 1.165) is 0 Å². The number of benzene rings is 2. The molecule has 24 heavy (non-hydrogen) atoms. The highest BCUT2D eigenvalue weighted by molar-refractivity contribution is 6.02. The molecule has 0 fully saturated rings. The van der Waals surface area contributed by atoms with Gasteiger partial charge < -0.3 is 14.8 Å². The summed E-state index contributed by atoms with van der Waals surface area (Å²) in [6.45, 7) is 0. The zero-order valence-electron chi connectivity index (χ0n) is 13.2. The Balaban J connectivity index is 2.17. The van der Waals surface area contributed by atoms with E-state index in [2.05, 4.69) is 5.32 Å². The zero-order valence-corrected chi connectivity index (χ0v) is 13.2. The number of methoxy groups -OCH3 is 2. The van der Waals surface area contributed by atoms with Crippen LogP contribution >= 0.6 is 0 Å². The fraction of sp³-hybridized carbons (Fsp3) is 0.118. The number of nitro groups is 1. The quantitative estimate of drug-likeness (QED) is 0.499. The Bertz CT molecular complexity index is 764. The van der Waals surface area contributed by atoms with Crippen molar-refractivity contribution in [3.05, 3.63) is 64.2 Å². The lowest BCUT2D eigenvalue weighted by molar-refractivity contribution is -0.384. The summed E-state index contributed by atoms with van der Waals surface area (Å²) >= 11 is 0. The molecule has 0 bridgehead atoms. The molecule has 0 heterocycles. The fourth-order valence-electron chi connectivity index (χ4n) is 2.08. The number of nitro benzene ring substituents is 1. The normalized spacial score (nSPS) is 10.4. The number of nitrogens with one attached hydrogen (secondary N) is 1. The summed E-state index contributed by atoms with van der Waals surface area (Å²) in [7, 11) is 3.05. The summed E-state index contributed by atoms with van der Waals surface area (Å²) in [4.78, 5) is 22.2. The number of hydrogen-bond donors (Lipinski definition) is 1. The van der Waals surface area contributed by atoms with Crippen LogP contribution in [0.15, 0.2) is 48.5 Å². The largest absolute Gasteiger partial charge is 0.496 e. The number of non-ortho nitro benzene ring substituents is 1. The molecule has 0 atom stereocenters. The predicted molar refractivity (Wildman–Crippen MR) is 90.3 cm³/mol. The van der Waals surface area contributed by atoms with Gasteiger partial charge in [0.05, 0.1) is 24.7 Å². The molecule has 0 aliphatic carbocycles. The number of rotatable bonds is 6. The number of ether oxygens (including phenoxy) is 2. The highest BCUT2D eigenvalue weighted by Crippen LogP contribution is 2.29. The Labute approximate surface area is 138 Å². The van der Waals surface area contributed by atoms with E-state index in [-0.39, 0.29) is 5.69 Å². The maximum atomic E-state index is 12.0. The first-order chi connectivity index (χ1) is 11.5. The molecule has 7 nitrogen and oxygen atoms in total. The molecule has 2 aromatic rings. The predicted octanol–water partition coefficient (Wildman–Crippen LogP) is 3.26. The van der Waals surface area contributed by atoms with Gasteiger partial charge in [-0.05, 0) is 24.3 Å². The number of hydrogen-bond acceptors (Lipinski definition) is 5. The van der Waals surface area contributed by atoms with Crippen LogP contribution in [0.4, 0.5) is 11.4 Å². The van der Waals surface area contributed by atoms with Crippen molar-refractivity contribution in [2.75, 3.05) is 19.5 Å². The molecule has 0 saturated carbocycles. The van der Waals surface area contributed by atoms with E-state index < -0.39 is 10.8 Å². The SMILES string of the molecule is COc1cccc(OC)c1C=CC(=O)Nc1cccc([N+](=O)[O-])c1. The van der Waals surface area contributed by atoms with Crippen LogP contribution in [-0.2, 0) is 4.79 Å². The van der Waals surface area contributed by atoms with Crippen LogP contribution in [0, 0.1) is 10.1 Å². The smallest absolute Gasteiger partial charge is 0.271 e. The molecule has 2 rings (SSSR count). The number of carbonyl (C=O) groups is 1. The zero-order chi connectivity index (χ0) is 17.5. The van der Waals surface area contributed by atoms with Gasteiger partial charge in [0.25, 0.3) is 5.69 Å². The van der Waals surface area contributed by atoms with Crippen LogP contribution in [0.3, 0.4) is 0 Å². The van der Waals surface area contributed by atoms with Crippen molar-refractivity contribution in [2.45, 2.75) is 0 Å². The van der Waals surface area contributed by atoms with Crippen LogP contribution in [0.2, 0.25) is 0 Å². The summed E-state index contributed by atoms with van der Waals surface area (Å²) in [6.07, 6.45) is 2.86. The second-order valence-electron chi connectivity index (χ2n) is 4.71. The van der Waals surface area contributed by atoms with Crippen molar-refractivity contribution in [1.29, 1.82) is 0 Å². The lowest BCUT2D eigenvalue weighted by atomic mass is 10.1. The third kappa shape index (κ3) is 4.10. The maximum absolute atomic E-state index is 12.0. The lowest BCUT2D eigenvalue weighted by Crippen LogP contribution is -2.08. The number of carbonyl (C=O) groups excluding carboxylic acids is 1. The van der Waals surface area contributed by atoms with E-state index in [9.17, 15) is 14.9 Å². The standard InChI is InChI=1S/C17H16N2O5/c1-23-15-7-4-8-16(24-2)14(15)9-10-17(20)18-12-5-3-6-13(11-12)19(21)22/h3-11H,1-2H3,(H,18,20). The van der Waals surface area contributed by atoms with Gasteiger partial charge in [-0.15, -0.1) is 0 Å². The maximum Gasteiger partial charge on any atom is 0.271 e. The number of anilines is 1. The first-order valence-electron chi connectivity index (χ1n) is 6.99. The molecular weight excluding hydrogens is 312 g/mol. The Hall–Kier alpha value is -3.35.